The van der Waals surface area contributed by atoms with E-state index in [2.05, 4.69) is 9.97 Å². The highest BCUT2D eigenvalue weighted by Crippen LogP contribution is 2.22. The number of aromatic nitrogens is 2. The van der Waals surface area contributed by atoms with Crippen molar-refractivity contribution in [3.8, 4) is 11.6 Å². The molecule has 0 amide bonds. The number of hydrogen-bond acceptors (Lipinski definition) is 3. The Morgan fingerprint density at radius 3 is 2.81 bits per heavy atom. The molecule has 16 heavy (non-hydrogen) atoms. The predicted molar refractivity (Wildman–Crippen MR) is 51.3 cm³/mol. The van der Waals surface area contributed by atoms with Gasteiger partial charge in [0.25, 0.3) is 5.56 Å². The third-order valence-electron chi connectivity index (χ3n) is 1.76. The van der Waals surface area contributed by atoms with Crippen molar-refractivity contribution in [3.63, 3.8) is 0 Å². The first-order valence-corrected chi connectivity index (χ1v) is 4.33. The Morgan fingerprint density at radius 2 is 2.06 bits per heavy atom. The van der Waals surface area contributed by atoms with Crippen LogP contribution in [-0.4, -0.2) is 9.97 Å². The van der Waals surface area contributed by atoms with Crippen molar-refractivity contribution in [3.05, 3.63) is 52.6 Å². The lowest BCUT2D eigenvalue weighted by Crippen LogP contribution is -2.04. The molecule has 2 aromatic rings. The summed E-state index contributed by atoms with van der Waals surface area (Å²) < 4.78 is 30.9. The fourth-order valence-electron chi connectivity index (χ4n) is 1.07. The SMILES string of the molecule is O=c1cc(Oc2cc(F)ccc2F)nc[nH]1. The van der Waals surface area contributed by atoms with Gasteiger partial charge in [0, 0.05) is 6.07 Å². The van der Waals surface area contributed by atoms with Gasteiger partial charge in [0.1, 0.15) is 5.82 Å². The molecule has 1 aromatic heterocycles. The van der Waals surface area contributed by atoms with Crippen LogP contribution in [0.25, 0.3) is 0 Å². The maximum atomic E-state index is 13.2. The lowest BCUT2D eigenvalue weighted by molar-refractivity contribution is 0.421. The molecule has 82 valence electrons. The molecule has 6 heteroatoms. The Bertz CT molecular complexity index is 569. The summed E-state index contributed by atoms with van der Waals surface area (Å²) >= 11 is 0. The molecule has 0 aliphatic carbocycles. The molecule has 0 atom stereocenters. The number of nitrogens with zero attached hydrogens (tertiary/aromatic N) is 1. The molecule has 0 aliphatic heterocycles. The second kappa shape index (κ2) is 4.09. The fourth-order valence-corrected chi connectivity index (χ4v) is 1.07. The minimum atomic E-state index is -0.733. The monoisotopic (exact) mass is 224 g/mol. The number of nitrogens with one attached hydrogen (secondary N) is 1. The van der Waals surface area contributed by atoms with E-state index in [1.165, 1.54) is 0 Å². The van der Waals surface area contributed by atoms with Crippen LogP contribution in [0.5, 0.6) is 11.6 Å². The molecule has 0 unspecified atom stereocenters. The predicted octanol–water partition coefficient (Wildman–Crippen LogP) is 1.84. The van der Waals surface area contributed by atoms with Gasteiger partial charge in [-0.3, -0.25) is 4.79 Å². The normalized spacial score (nSPS) is 10.1. The zero-order valence-electron chi connectivity index (χ0n) is 7.91. The van der Waals surface area contributed by atoms with Crippen LogP contribution < -0.4 is 10.3 Å². The first kappa shape index (κ1) is 10.3. The van der Waals surface area contributed by atoms with Crippen molar-refractivity contribution >= 4 is 0 Å². The van der Waals surface area contributed by atoms with Gasteiger partial charge in [-0.15, -0.1) is 0 Å². The molecule has 0 bridgehead atoms. The molecule has 0 fully saturated rings. The van der Waals surface area contributed by atoms with Crippen LogP contribution in [0.4, 0.5) is 8.78 Å². The highest BCUT2D eigenvalue weighted by Gasteiger charge is 2.07. The zero-order valence-corrected chi connectivity index (χ0v) is 7.91. The van der Waals surface area contributed by atoms with Crippen molar-refractivity contribution in [1.29, 1.82) is 0 Å². The van der Waals surface area contributed by atoms with Gasteiger partial charge >= 0.3 is 0 Å². The van der Waals surface area contributed by atoms with Gasteiger partial charge in [-0.25, -0.2) is 13.8 Å². The van der Waals surface area contributed by atoms with E-state index in [1.807, 2.05) is 0 Å². The Hall–Kier alpha value is -2.24. The number of ether oxygens (including phenoxy) is 1. The standard InChI is InChI=1S/C10H6F2N2O2/c11-6-1-2-7(12)8(3-6)16-10-4-9(15)13-5-14-10/h1-5H,(H,13,14,15). The van der Waals surface area contributed by atoms with Crippen LogP contribution in [0, 0.1) is 11.6 Å². The van der Waals surface area contributed by atoms with E-state index in [-0.39, 0.29) is 11.6 Å². The summed E-state index contributed by atoms with van der Waals surface area (Å²) in [4.78, 5) is 16.8. The highest BCUT2D eigenvalue weighted by molar-refractivity contribution is 5.28. The zero-order chi connectivity index (χ0) is 11.5. The molecule has 4 nitrogen and oxygen atoms in total. The second-order valence-electron chi connectivity index (χ2n) is 2.93. The summed E-state index contributed by atoms with van der Waals surface area (Å²) in [6, 6.07) is 3.80. The van der Waals surface area contributed by atoms with E-state index in [0.29, 0.717) is 0 Å². The Labute approximate surface area is 88.5 Å². The lowest BCUT2D eigenvalue weighted by atomic mass is 10.3. The Morgan fingerprint density at radius 1 is 1.25 bits per heavy atom. The molecule has 1 N–H and O–H groups in total. The first-order valence-electron chi connectivity index (χ1n) is 4.33. The topological polar surface area (TPSA) is 55.0 Å². The van der Waals surface area contributed by atoms with E-state index in [9.17, 15) is 13.6 Å². The van der Waals surface area contributed by atoms with E-state index in [1.54, 1.807) is 0 Å². The van der Waals surface area contributed by atoms with Crippen LogP contribution in [0.3, 0.4) is 0 Å². The van der Waals surface area contributed by atoms with E-state index >= 15 is 0 Å². The molecule has 0 saturated carbocycles. The van der Waals surface area contributed by atoms with E-state index in [4.69, 9.17) is 4.74 Å². The van der Waals surface area contributed by atoms with Crippen molar-refractivity contribution < 1.29 is 13.5 Å². The van der Waals surface area contributed by atoms with Gasteiger partial charge < -0.3 is 9.72 Å². The number of benzene rings is 1. The van der Waals surface area contributed by atoms with E-state index < -0.39 is 17.2 Å². The highest BCUT2D eigenvalue weighted by atomic mass is 19.1. The number of aromatic amines is 1. The molecule has 0 spiro atoms. The largest absolute Gasteiger partial charge is 0.436 e. The second-order valence-corrected chi connectivity index (χ2v) is 2.93. The van der Waals surface area contributed by atoms with Gasteiger partial charge in [0.2, 0.25) is 5.88 Å². The Kier molecular flexibility index (Phi) is 2.63. The number of H-pyrrole nitrogens is 1. The summed E-state index contributed by atoms with van der Waals surface area (Å²) in [5, 5.41) is 0. The molecule has 1 aromatic carbocycles. The summed E-state index contributed by atoms with van der Waals surface area (Å²) in [6.45, 7) is 0. The number of halogens is 2. The van der Waals surface area contributed by atoms with Gasteiger partial charge in [-0.1, -0.05) is 0 Å². The lowest BCUT2D eigenvalue weighted by Gasteiger charge is -2.04. The van der Waals surface area contributed by atoms with Crippen LogP contribution in [0.15, 0.2) is 35.4 Å². The van der Waals surface area contributed by atoms with E-state index in [0.717, 1.165) is 30.6 Å². The Balaban J connectivity index is 2.33. The number of hydrogen-bond donors (Lipinski definition) is 1. The third kappa shape index (κ3) is 2.22. The van der Waals surface area contributed by atoms with Crippen molar-refractivity contribution in [2.75, 3.05) is 0 Å². The van der Waals surface area contributed by atoms with Crippen LogP contribution in [-0.2, 0) is 0 Å². The first-order chi connectivity index (χ1) is 7.65. The molecule has 1 heterocycles. The van der Waals surface area contributed by atoms with Gasteiger partial charge in [-0.05, 0) is 12.1 Å². The summed E-state index contributed by atoms with van der Waals surface area (Å²) in [6.07, 6.45) is 1.11. The minimum absolute atomic E-state index is 0.103. The summed E-state index contributed by atoms with van der Waals surface area (Å²) in [7, 11) is 0. The molecular formula is C10H6F2N2O2. The average molecular weight is 224 g/mol. The van der Waals surface area contributed by atoms with Crippen LogP contribution in [0.1, 0.15) is 0 Å². The van der Waals surface area contributed by atoms with Crippen LogP contribution >= 0.6 is 0 Å². The van der Waals surface area contributed by atoms with Crippen LogP contribution in [0.2, 0.25) is 0 Å². The fraction of sp³-hybridized carbons (Fsp3) is 0. The van der Waals surface area contributed by atoms with Crippen molar-refractivity contribution in [1.82, 2.24) is 9.97 Å². The molecule has 0 radical (unpaired) electrons. The molecule has 2 rings (SSSR count). The van der Waals surface area contributed by atoms with Gasteiger partial charge in [0.15, 0.2) is 11.6 Å². The quantitative estimate of drug-likeness (QED) is 0.846. The minimum Gasteiger partial charge on any atom is -0.436 e. The summed E-state index contributed by atoms with van der Waals surface area (Å²) in [5.41, 5.74) is -0.443. The van der Waals surface area contributed by atoms with Crippen molar-refractivity contribution in [2.45, 2.75) is 0 Å². The number of rotatable bonds is 2. The maximum Gasteiger partial charge on any atom is 0.254 e. The third-order valence-corrected chi connectivity index (χ3v) is 1.76. The molecule has 0 saturated heterocycles. The van der Waals surface area contributed by atoms with Crippen molar-refractivity contribution in [2.24, 2.45) is 0 Å². The summed E-state index contributed by atoms with van der Waals surface area (Å²) in [5.74, 6) is -1.80. The molecular weight excluding hydrogens is 218 g/mol. The smallest absolute Gasteiger partial charge is 0.254 e. The maximum absolute atomic E-state index is 13.2. The molecule has 0 aliphatic rings. The average Bonchev–Trinajstić information content (AvgIpc) is 2.24. The van der Waals surface area contributed by atoms with Gasteiger partial charge in [0.05, 0.1) is 12.4 Å². The van der Waals surface area contributed by atoms with Gasteiger partial charge in [-0.2, -0.15) is 0 Å².